The Morgan fingerprint density at radius 2 is 1.73 bits per heavy atom. The fraction of sp³-hybridized carbons (Fsp3) is 0.318. The van der Waals surface area contributed by atoms with Crippen LogP contribution in [0.5, 0.6) is 0 Å². The van der Waals surface area contributed by atoms with Crippen molar-refractivity contribution in [1.29, 1.82) is 0 Å². The highest BCUT2D eigenvalue weighted by Gasteiger charge is 2.25. The third-order valence-electron chi connectivity index (χ3n) is 5.34. The molecule has 0 spiro atoms. The lowest BCUT2D eigenvalue weighted by Crippen LogP contribution is -2.38. The quantitative estimate of drug-likeness (QED) is 0.441. The van der Waals surface area contributed by atoms with E-state index in [0.717, 1.165) is 5.69 Å². The summed E-state index contributed by atoms with van der Waals surface area (Å²) in [7, 11) is 1.83. The van der Waals surface area contributed by atoms with Gasteiger partial charge in [-0.3, -0.25) is 9.55 Å². The van der Waals surface area contributed by atoms with Gasteiger partial charge >= 0.3 is 0 Å². The van der Waals surface area contributed by atoms with Crippen molar-refractivity contribution < 1.29 is 13.5 Å². The molecule has 11 heteroatoms. The second kappa shape index (κ2) is 9.02. The Morgan fingerprint density at radius 3 is 2.48 bits per heavy atom. The number of nitrogens with zero attached hydrogens (tertiary/aromatic N) is 8. The van der Waals surface area contributed by atoms with Crippen molar-refractivity contribution in [3.05, 3.63) is 60.2 Å². The summed E-state index contributed by atoms with van der Waals surface area (Å²) in [6, 6.07) is 12.6. The van der Waals surface area contributed by atoms with Crippen LogP contribution in [-0.4, -0.2) is 62.8 Å². The van der Waals surface area contributed by atoms with Crippen LogP contribution in [0.3, 0.4) is 0 Å². The number of aromatic nitrogens is 6. The van der Waals surface area contributed by atoms with Gasteiger partial charge in [0.15, 0.2) is 5.82 Å². The summed E-state index contributed by atoms with van der Waals surface area (Å²) in [6.45, 7) is 2.71. The Bertz CT molecular complexity index is 1240. The van der Waals surface area contributed by atoms with Gasteiger partial charge in [-0.2, -0.15) is 15.0 Å². The SMILES string of the molecule is CN(Cc1ccccn1)c1nc(N2CCOCC2)nc(-n2c(C(F)F)nc3ccccc32)n1. The molecule has 0 unspecified atom stereocenters. The minimum absolute atomic E-state index is 0.0957. The minimum Gasteiger partial charge on any atom is -0.378 e. The second-order valence-corrected chi connectivity index (χ2v) is 7.61. The standard InChI is InChI=1S/C22H22F2N8O/c1-30(14-15-6-4-5-9-25-15)20-27-21(31-10-12-33-13-11-31)29-22(28-20)32-17-8-3-2-7-16(17)26-19(32)18(23)24/h2-9,18H,10-14H2,1H3. The molecule has 1 fully saturated rings. The lowest BCUT2D eigenvalue weighted by atomic mass is 10.3. The lowest BCUT2D eigenvalue weighted by Gasteiger charge is -2.28. The number of halogens is 2. The number of pyridine rings is 1. The first kappa shape index (κ1) is 21.1. The molecular weight excluding hydrogens is 430 g/mol. The normalized spacial score (nSPS) is 14.2. The summed E-state index contributed by atoms with van der Waals surface area (Å²) in [5.74, 6) is 0.446. The molecule has 4 heterocycles. The molecule has 0 aliphatic carbocycles. The number of benzene rings is 1. The van der Waals surface area contributed by atoms with E-state index >= 15 is 0 Å². The molecule has 0 saturated carbocycles. The molecule has 1 aliphatic rings. The molecular formula is C22H22F2N8O. The fourth-order valence-corrected chi connectivity index (χ4v) is 3.73. The number of fused-ring (bicyclic) bond motifs is 1. The van der Waals surface area contributed by atoms with Crippen molar-refractivity contribution in [2.75, 3.05) is 43.2 Å². The van der Waals surface area contributed by atoms with E-state index in [1.165, 1.54) is 4.57 Å². The van der Waals surface area contributed by atoms with Crippen LogP contribution in [0, 0.1) is 0 Å². The smallest absolute Gasteiger partial charge is 0.296 e. The van der Waals surface area contributed by atoms with E-state index in [-0.39, 0.29) is 5.95 Å². The van der Waals surface area contributed by atoms with Crippen molar-refractivity contribution in [1.82, 2.24) is 29.5 Å². The van der Waals surface area contributed by atoms with E-state index in [1.54, 1.807) is 30.5 Å². The topological polar surface area (TPSA) is 85.1 Å². The second-order valence-electron chi connectivity index (χ2n) is 7.61. The Morgan fingerprint density at radius 1 is 0.970 bits per heavy atom. The van der Waals surface area contributed by atoms with Gasteiger partial charge < -0.3 is 14.5 Å². The third-order valence-corrected chi connectivity index (χ3v) is 5.34. The van der Waals surface area contributed by atoms with E-state index in [2.05, 4.69) is 24.9 Å². The number of para-hydroxylation sites is 2. The van der Waals surface area contributed by atoms with Crippen molar-refractivity contribution in [2.24, 2.45) is 0 Å². The van der Waals surface area contributed by atoms with Gasteiger partial charge in [0.1, 0.15) is 0 Å². The van der Waals surface area contributed by atoms with Gasteiger partial charge in [0.25, 0.3) is 6.43 Å². The number of hydrogen-bond acceptors (Lipinski definition) is 8. The number of hydrogen-bond donors (Lipinski definition) is 0. The molecule has 0 bridgehead atoms. The number of morpholine rings is 1. The average molecular weight is 452 g/mol. The molecule has 33 heavy (non-hydrogen) atoms. The molecule has 0 N–H and O–H groups in total. The van der Waals surface area contributed by atoms with E-state index in [9.17, 15) is 8.78 Å². The first-order valence-electron chi connectivity index (χ1n) is 10.6. The maximum atomic E-state index is 14.0. The Labute approximate surface area is 188 Å². The molecule has 0 atom stereocenters. The molecule has 1 aromatic carbocycles. The van der Waals surface area contributed by atoms with Crippen molar-refractivity contribution >= 4 is 22.9 Å². The van der Waals surface area contributed by atoms with E-state index in [4.69, 9.17) is 4.74 Å². The third kappa shape index (κ3) is 4.31. The highest BCUT2D eigenvalue weighted by atomic mass is 19.3. The Kier molecular flexibility index (Phi) is 5.78. The Hall–Kier alpha value is -3.73. The zero-order valence-electron chi connectivity index (χ0n) is 18.0. The summed E-state index contributed by atoms with van der Waals surface area (Å²) < 4.78 is 34.7. The molecule has 9 nitrogen and oxygen atoms in total. The van der Waals surface area contributed by atoms with Crippen LogP contribution in [0.2, 0.25) is 0 Å². The van der Waals surface area contributed by atoms with Gasteiger partial charge in [-0.15, -0.1) is 0 Å². The number of ether oxygens (including phenoxy) is 1. The zero-order valence-corrected chi connectivity index (χ0v) is 18.0. The molecule has 1 aliphatic heterocycles. The zero-order chi connectivity index (χ0) is 22.8. The minimum atomic E-state index is -2.80. The lowest BCUT2D eigenvalue weighted by molar-refractivity contribution is 0.122. The summed E-state index contributed by atoms with van der Waals surface area (Å²) in [5, 5.41) is 0. The highest BCUT2D eigenvalue weighted by molar-refractivity contribution is 5.77. The van der Waals surface area contributed by atoms with Gasteiger partial charge in [-0.25, -0.2) is 13.8 Å². The summed E-state index contributed by atoms with van der Waals surface area (Å²) in [6.07, 6.45) is -1.08. The fourth-order valence-electron chi connectivity index (χ4n) is 3.73. The first-order chi connectivity index (χ1) is 16.1. The monoisotopic (exact) mass is 452 g/mol. The van der Waals surface area contributed by atoms with Crippen LogP contribution in [0.4, 0.5) is 20.7 Å². The van der Waals surface area contributed by atoms with Gasteiger partial charge in [-0.05, 0) is 24.3 Å². The highest BCUT2D eigenvalue weighted by Crippen LogP contribution is 2.28. The predicted octanol–water partition coefficient (Wildman–Crippen LogP) is 3.02. The molecule has 0 radical (unpaired) electrons. The van der Waals surface area contributed by atoms with E-state index in [1.807, 2.05) is 35.0 Å². The summed E-state index contributed by atoms with van der Waals surface area (Å²) in [4.78, 5) is 26.1. The van der Waals surface area contributed by atoms with Gasteiger partial charge in [0.05, 0.1) is 36.5 Å². The van der Waals surface area contributed by atoms with Crippen molar-refractivity contribution in [2.45, 2.75) is 13.0 Å². The van der Waals surface area contributed by atoms with Crippen molar-refractivity contribution in [3.8, 4) is 5.95 Å². The summed E-state index contributed by atoms with van der Waals surface area (Å²) >= 11 is 0. The molecule has 3 aromatic heterocycles. The Balaban J connectivity index is 1.63. The van der Waals surface area contributed by atoms with Gasteiger partial charge in [0.2, 0.25) is 17.8 Å². The molecule has 0 amide bonds. The molecule has 5 rings (SSSR count). The van der Waals surface area contributed by atoms with Crippen LogP contribution < -0.4 is 9.80 Å². The number of imidazole rings is 1. The van der Waals surface area contributed by atoms with Gasteiger partial charge in [-0.1, -0.05) is 18.2 Å². The molecule has 170 valence electrons. The number of anilines is 2. The molecule has 1 saturated heterocycles. The largest absolute Gasteiger partial charge is 0.378 e. The maximum Gasteiger partial charge on any atom is 0.296 e. The molecule has 4 aromatic rings. The van der Waals surface area contributed by atoms with Crippen LogP contribution in [-0.2, 0) is 11.3 Å². The van der Waals surface area contributed by atoms with Crippen LogP contribution in [0.1, 0.15) is 17.9 Å². The summed E-state index contributed by atoms with van der Waals surface area (Å²) in [5.41, 5.74) is 1.78. The number of alkyl halides is 2. The van der Waals surface area contributed by atoms with E-state index in [0.29, 0.717) is 55.8 Å². The van der Waals surface area contributed by atoms with Gasteiger partial charge in [0, 0.05) is 26.3 Å². The average Bonchev–Trinajstić information content (AvgIpc) is 3.25. The predicted molar refractivity (Wildman–Crippen MR) is 119 cm³/mol. The van der Waals surface area contributed by atoms with Crippen LogP contribution >= 0.6 is 0 Å². The van der Waals surface area contributed by atoms with E-state index < -0.39 is 12.2 Å². The van der Waals surface area contributed by atoms with Crippen LogP contribution in [0.25, 0.3) is 17.0 Å². The first-order valence-corrected chi connectivity index (χ1v) is 10.6. The van der Waals surface area contributed by atoms with Crippen molar-refractivity contribution in [3.63, 3.8) is 0 Å². The number of rotatable bonds is 6. The van der Waals surface area contributed by atoms with Crippen LogP contribution in [0.15, 0.2) is 48.7 Å². The maximum absolute atomic E-state index is 14.0.